The number of carbonyl (C=O) groups excluding carboxylic acids is 2. The highest BCUT2D eigenvalue weighted by Gasteiger charge is 2.35. The number of halogens is 4. The van der Waals surface area contributed by atoms with Crippen molar-refractivity contribution in [1.29, 1.82) is 0 Å². The number of benzene rings is 1. The molecule has 2 heterocycles. The van der Waals surface area contributed by atoms with Crippen LogP contribution in [0.1, 0.15) is 30.4 Å². The van der Waals surface area contributed by atoms with Crippen LogP contribution in [0.3, 0.4) is 0 Å². The van der Waals surface area contributed by atoms with Crippen LogP contribution in [0, 0.1) is 5.92 Å². The van der Waals surface area contributed by atoms with Crippen molar-refractivity contribution in [3.63, 3.8) is 0 Å². The van der Waals surface area contributed by atoms with E-state index < -0.39 is 17.7 Å². The zero-order chi connectivity index (χ0) is 18.7. The van der Waals surface area contributed by atoms with Crippen LogP contribution in [-0.4, -0.2) is 42.4 Å². The lowest BCUT2D eigenvalue weighted by atomic mass is 10.0. The molecule has 150 valence electrons. The lowest BCUT2D eigenvalue weighted by molar-refractivity contribution is -0.137. The second kappa shape index (κ2) is 8.93. The number of hydrogen-bond donors (Lipinski definition) is 2. The molecule has 2 fully saturated rings. The van der Waals surface area contributed by atoms with Crippen molar-refractivity contribution in [3.05, 3.63) is 35.4 Å². The number of piperidine rings is 1. The first kappa shape index (κ1) is 21.5. The summed E-state index contributed by atoms with van der Waals surface area (Å²) in [4.78, 5) is 26.0. The molecule has 3 rings (SSSR count). The molecule has 2 aliphatic heterocycles. The molecule has 0 spiro atoms. The third kappa shape index (κ3) is 5.59. The van der Waals surface area contributed by atoms with Crippen molar-refractivity contribution >= 4 is 24.2 Å². The van der Waals surface area contributed by atoms with E-state index in [1.807, 2.05) is 0 Å². The first-order valence-electron chi connectivity index (χ1n) is 8.78. The van der Waals surface area contributed by atoms with Crippen LogP contribution in [0.2, 0.25) is 0 Å². The summed E-state index contributed by atoms with van der Waals surface area (Å²) in [5, 5.41) is 6.21. The van der Waals surface area contributed by atoms with Crippen LogP contribution < -0.4 is 10.6 Å². The second-order valence-electron chi connectivity index (χ2n) is 6.91. The molecule has 2 amide bonds. The van der Waals surface area contributed by atoms with E-state index in [-0.39, 0.29) is 49.8 Å². The molecule has 1 aromatic carbocycles. The molecule has 1 atom stereocenters. The third-order valence-electron chi connectivity index (χ3n) is 4.90. The molecule has 5 nitrogen and oxygen atoms in total. The van der Waals surface area contributed by atoms with Crippen LogP contribution >= 0.6 is 12.4 Å². The summed E-state index contributed by atoms with van der Waals surface area (Å²) < 4.78 is 38.4. The van der Waals surface area contributed by atoms with Gasteiger partial charge in [-0.25, -0.2) is 0 Å². The van der Waals surface area contributed by atoms with Crippen molar-refractivity contribution in [2.45, 2.75) is 38.0 Å². The van der Waals surface area contributed by atoms with Crippen molar-refractivity contribution < 1.29 is 22.8 Å². The molecule has 2 N–H and O–H groups in total. The average Bonchev–Trinajstić information content (AvgIpc) is 2.96. The summed E-state index contributed by atoms with van der Waals surface area (Å²) in [6.07, 6.45) is -2.58. The summed E-state index contributed by atoms with van der Waals surface area (Å²) >= 11 is 0. The van der Waals surface area contributed by atoms with Crippen molar-refractivity contribution in [2.24, 2.45) is 5.92 Å². The standard InChI is InChI=1S/C18H22F3N3O2.ClH/c19-18(20,21)14-3-1-2-12(8-14)10-24-11-13(9-16(24)25)17(26)23-15-4-6-22-7-5-15;/h1-3,8,13,15,22H,4-7,9-11H2,(H,23,26);1H. The van der Waals surface area contributed by atoms with Crippen molar-refractivity contribution in [2.75, 3.05) is 19.6 Å². The Labute approximate surface area is 162 Å². The molecule has 0 bridgehead atoms. The van der Waals surface area contributed by atoms with Gasteiger partial charge in [-0.2, -0.15) is 13.2 Å². The number of hydrogen-bond acceptors (Lipinski definition) is 3. The third-order valence-corrected chi connectivity index (χ3v) is 4.90. The van der Waals surface area contributed by atoms with Gasteiger partial charge >= 0.3 is 6.18 Å². The Balaban J connectivity index is 0.00000261. The van der Waals surface area contributed by atoms with Gasteiger partial charge in [0.05, 0.1) is 11.5 Å². The number of nitrogens with one attached hydrogen (secondary N) is 2. The van der Waals surface area contributed by atoms with Gasteiger partial charge in [-0.3, -0.25) is 9.59 Å². The highest BCUT2D eigenvalue weighted by molar-refractivity contribution is 5.89. The number of rotatable bonds is 4. The molecule has 0 radical (unpaired) electrons. The smallest absolute Gasteiger partial charge is 0.353 e. The van der Waals surface area contributed by atoms with E-state index in [1.54, 1.807) is 6.07 Å². The van der Waals surface area contributed by atoms with Crippen LogP contribution in [-0.2, 0) is 22.3 Å². The summed E-state index contributed by atoms with van der Waals surface area (Å²) in [6, 6.07) is 5.07. The van der Waals surface area contributed by atoms with Gasteiger partial charge in [-0.15, -0.1) is 12.4 Å². The molecular weight excluding hydrogens is 383 g/mol. The highest BCUT2D eigenvalue weighted by atomic mass is 35.5. The van der Waals surface area contributed by atoms with Crippen LogP contribution in [0.25, 0.3) is 0 Å². The Bertz CT molecular complexity index is 678. The van der Waals surface area contributed by atoms with Crippen molar-refractivity contribution in [1.82, 2.24) is 15.5 Å². The Hall–Kier alpha value is -1.80. The molecule has 9 heteroatoms. The Morgan fingerprint density at radius 2 is 1.96 bits per heavy atom. The Kier molecular flexibility index (Phi) is 7.11. The van der Waals surface area contributed by atoms with E-state index in [0.29, 0.717) is 5.56 Å². The molecule has 0 aromatic heterocycles. The number of amides is 2. The number of carbonyl (C=O) groups is 2. The lowest BCUT2D eigenvalue weighted by Crippen LogP contribution is -2.45. The largest absolute Gasteiger partial charge is 0.416 e. The quantitative estimate of drug-likeness (QED) is 0.808. The van der Waals surface area contributed by atoms with Crippen molar-refractivity contribution in [3.8, 4) is 0 Å². The number of nitrogens with zero attached hydrogens (tertiary/aromatic N) is 1. The molecule has 27 heavy (non-hydrogen) atoms. The fraction of sp³-hybridized carbons (Fsp3) is 0.556. The topological polar surface area (TPSA) is 61.4 Å². The van der Waals surface area contributed by atoms with E-state index in [1.165, 1.54) is 11.0 Å². The first-order chi connectivity index (χ1) is 12.3. The van der Waals surface area contributed by atoms with Gasteiger partial charge in [0.15, 0.2) is 0 Å². The maximum Gasteiger partial charge on any atom is 0.416 e. The molecule has 1 aromatic rings. The molecule has 2 saturated heterocycles. The van der Waals surface area contributed by atoms with Gasteiger partial charge in [0, 0.05) is 25.6 Å². The molecule has 2 aliphatic rings. The number of likely N-dealkylation sites (tertiary alicyclic amines) is 1. The molecule has 1 unspecified atom stereocenters. The Morgan fingerprint density at radius 1 is 1.26 bits per heavy atom. The predicted octanol–water partition coefficient (Wildman–Crippen LogP) is 2.34. The summed E-state index contributed by atoms with van der Waals surface area (Å²) in [6.45, 7) is 2.04. The average molecular weight is 406 g/mol. The van der Waals surface area contributed by atoms with E-state index in [2.05, 4.69) is 10.6 Å². The minimum Gasteiger partial charge on any atom is -0.353 e. The van der Waals surface area contributed by atoms with E-state index in [4.69, 9.17) is 0 Å². The van der Waals surface area contributed by atoms with Crippen LogP contribution in [0.15, 0.2) is 24.3 Å². The van der Waals surface area contributed by atoms with Gasteiger partial charge in [0.2, 0.25) is 11.8 Å². The minimum atomic E-state index is -4.41. The summed E-state index contributed by atoms with van der Waals surface area (Å²) in [7, 11) is 0. The maximum absolute atomic E-state index is 12.8. The van der Waals surface area contributed by atoms with Gasteiger partial charge in [0.25, 0.3) is 0 Å². The van der Waals surface area contributed by atoms with E-state index in [9.17, 15) is 22.8 Å². The first-order valence-corrected chi connectivity index (χ1v) is 8.78. The zero-order valence-corrected chi connectivity index (χ0v) is 15.5. The number of alkyl halides is 3. The normalized spacial score (nSPS) is 21.1. The van der Waals surface area contributed by atoms with Gasteiger partial charge in [-0.05, 0) is 43.6 Å². The van der Waals surface area contributed by atoms with Gasteiger partial charge in [-0.1, -0.05) is 12.1 Å². The fourth-order valence-electron chi connectivity index (χ4n) is 3.45. The van der Waals surface area contributed by atoms with E-state index in [0.717, 1.165) is 38.1 Å². The predicted molar refractivity (Wildman–Crippen MR) is 96.3 cm³/mol. The van der Waals surface area contributed by atoms with Gasteiger partial charge < -0.3 is 15.5 Å². The molecular formula is C18H23ClF3N3O2. The highest BCUT2D eigenvalue weighted by Crippen LogP contribution is 2.30. The SMILES string of the molecule is Cl.O=C(NC1CCNCC1)C1CC(=O)N(Cc2cccc(C(F)(F)F)c2)C1. The summed E-state index contributed by atoms with van der Waals surface area (Å²) in [5.74, 6) is -0.784. The summed E-state index contributed by atoms with van der Waals surface area (Å²) in [5.41, 5.74) is -0.325. The van der Waals surface area contributed by atoms with E-state index >= 15 is 0 Å². The zero-order valence-electron chi connectivity index (χ0n) is 14.7. The van der Waals surface area contributed by atoms with Crippen LogP contribution in [0.5, 0.6) is 0 Å². The second-order valence-corrected chi connectivity index (χ2v) is 6.91. The minimum absolute atomic E-state index is 0. The Morgan fingerprint density at radius 3 is 2.63 bits per heavy atom. The maximum atomic E-state index is 12.8. The van der Waals surface area contributed by atoms with Gasteiger partial charge in [0.1, 0.15) is 0 Å². The fourth-order valence-corrected chi connectivity index (χ4v) is 3.45. The molecule has 0 saturated carbocycles. The monoisotopic (exact) mass is 405 g/mol. The molecule has 0 aliphatic carbocycles. The lowest BCUT2D eigenvalue weighted by Gasteiger charge is -2.25. The van der Waals surface area contributed by atoms with Crippen LogP contribution in [0.4, 0.5) is 13.2 Å².